The van der Waals surface area contributed by atoms with E-state index in [0.717, 1.165) is 14.3 Å². The summed E-state index contributed by atoms with van der Waals surface area (Å²) in [6.07, 6.45) is 3.17. The van der Waals surface area contributed by atoms with Gasteiger partial charge in [-0.25, -0.2) is 15.0 Å². The molecule has 0 amide bonds. The molecule has 3 N–H and O–H groups in total. The largest absolute Gasteiger partial charge is 0.341 e. The lowest BCUT2D eigenvalue weighted by Crippen LogP contribution is -2.22. The SMILES string of the molecule is CC(N)C(Sc1ncnc2nc[nH]c12)c1ccc(Br)s1. The molecule has 3 aromatic heterocycles. The first-order chi connectivity index (χ1) is 9.65. The fourth-order valence-corrected chi connectivity index (χ4v) is 4.69. The average Bonchev–Trinajstić information content (AvgIpc) is 3.04. The van der Waals surface area contributed by atoms with E-state index in [1.54, 1.807) is 29.4 Å². The Balaban J connectivity index is 1.96. The Kier molecular flexibility index (Phi) is 4.06. The third kappa shape index (κ3) is 2.73. The minimum Gasteiger partial charge on any atom is -0.341 e. The van der Waals surface area contributed by atoms with Gasteiger partial charge in [-0.15, -0.1) is 11.3 Å². The highest BCUT2D eigenvalue weighted by atomic mass is 79.9. The van der Waals surface area contributed by atoms with E-state index >= 15 is 0 Å². The van der Waals surface area contributed by atoms with Crippen LogP contribution in [0.1, 0.15) is 17.1 Å². The summed E-state index contributed by atoms with van der Waals surface area (Å²) in [5.74, 6) is 0. The van der Waals surface area contributed by atoms with Gasteiger partial charge in [0.2, 0.25) is 0 Å². The molecule has 0 fully saturated rings. The van der Waals surface area contributed by atoms with Gasteiger partial charge in [0.1, 0.15) is 16.9 Å². The van der Waals surface area contributed by atoms with Crippen molar-refractivity contribution in [1.29, 1.82) is 0 Å². The van der Waals surface area contributed by atoms with Crippen LogP contribution in [0.25, 0.3) is 11.2 Å². The summed E-state index contributed by atoms with van der Waals surface area (Å²) < 4.78 is 1.10. The predicted octanol–water partition coefficient (Wildman–Crippen LogP) is 3.36. The molecule has 0 aromatic carbocycles. The summed E-state index contributed by atoms with van der Waals surface area (Å²) in [5.41, 5.74) is 7.69. The Hall–Kier alpha value is -0.960. The molecular formula is C12H12BrN5S2. The number of nitrogens with one attached hydrogen (secondary N) is 1. The van der Waals surface area contributed by atoms with Crippen LogP contribution in [0.2, 0.25) is 0 Å². The molecule has 2 unspecified atom stereocenters. The van der Waals surface area contributed by atoms with Crippen molar-refractivity contribution >= 4 is 50.2 Å². The van der Waals surface area contributed by atoms with Crippen molar-refractivity contribution in [1.82, 2.24) is 19.9 Å². The lowest BCUT2D eigenvalue weighted by molar-refractivity contribution is 0.729. The summed E-state index contributed by atoms with van der Waals surface area (Å²) >= 11 is 6.83. The molecule has 104 valence electrons. The molecule has 0 spiro atoms. The van der Waals surface area contributed by atoms with Gasteiger partial charge in [-0.05, 0) is 35.0 Å². The van der Waals surface area contributed by atoms with E-state index in [4.69, 9.17) is 5.73 Å². The molecule has 0 aliphatic rings. The fraction of sp³-hybridized carbons (Fsp3) is 0.250. The van der Waals surface area contributed by atoms with Crippen LogP contribution in [0.15, 0.2) is 33.6 Å². The lowest BCUT2D eigenvalue weighted by Gasteiger charge is -2.18. The second kappa shape index (κ2) is 5.80. The van der Waals surface area contributed by atoms with E-state index in [9.17, 15) is 0 Å². The van der Waals surface area contributed by atoms with E-state index in [1.165, 1.54) is 11.2 Å². The highest BCUT2D eigenvalue weighted by Crippen LogP contribution is 2.41. The molecule has 20 heavy (non-hydrogen) atoms. The maximum atomic E-state index is 6.15. The van der Waals surface area contributed by atoms with Crippen molar-refractivity contribution in [2.75, 3.05) is 0 Å². The van der Waals surface area contributed by atoms with E-state index in [-0.39, 0.29) is 11.3 Å². The lowest BCUT2D eigenvalue weighted by atomic mass is 10.2. The Morgan fingerprint density at radius 1 is 1.35 bits per heavy atom. The van der Waals surface area contributed by atoms with Crippen molar-refractivity contribution in [2.24, 2.45) is 5.73 Å². The van der Waals surface area contributed by atoms with Crippen LogP contribution < -0.4 is 5.73 Å². The van der Waals surface area contributed by atoms with E-state index in [0.29, 0.717) is 5.65 Å². The molecule has 3 rings (SSSR count). The van der Waals surface area contributed by atoms with E-state index < -0.39 is 0 Å². The van der Waals surface area contributed by atoms with Crippen LogP contribution in [0.3, 0.4) is 0 Å². The second-order valence-electron chi connectivity index (χ2n) is 4.32. The number of thiophene rings is 1. The minimum atomic E-state index is 0.0125. The number of hydrogen-bond donors (Lipinski definition) is 2. The predicted molar refractivity (Wildman–Crippen MR) is 86.0 cm³/mol. The topological polar surface area (TPSA) is 80.5 Å². The number of H-pyrrole nitrogens is 1. The molecule has 5 nitrogen and oxygen atoms in total. The quantitative estimate of drug-likeness (QED) is 0.544. The Morgan fingerprint density at radius 3 is 2.90 bits per heavy atom. The average molecular weight is 370 g/mol. The van der Waals surface area contributed by atoms with Crippen molar-refractivity contribution in [3.63, 3.8) is 0 Å². The first kappa shape index (κ1) is 14.0. The van der Waals surface area contributed by atoms with Gasteiger partial charge in [0.25, 0.3) is 0 Å². The molecular weight excluding hydrogens is 358 g/mol. The molecule has 0 aliphatic carbocycles. The van der Waals surface area contributed by atoms with Gasteiger partial charge < -0.3 is 10.7 Å². The van der Waals surface area contributed by atoms with Crippen LogP contribution in [0.5, 0.6) is 0 Å². The molecule has 0 radical (unpaired) electrons. The maximum Gasteiger partial charge on any atom is 0.181 e. The third-order valence-electron chi connectivity index (χ3n) is 2.78. The normalized spacial score (nSPS) is 14.6. The Morgan fingerprint density at radius 2 is 2.20 bits per heavy atom. The molecule has 0 saturated heterocycles. The standard InChI is InChI=1S/C12H12BrN5S2/c1-6(14)10(7-2-3-8(13)19-7)20-12-9-11(16-4-15-9)17-5-18-12/h2-6,10H,14H2,1H3,(H,15,16,17,18). The van der Waals surface area contributed by atoms with Gasteiger partial charge in [0.15, 0.2) is 5.65 Å². The maximum absolute atomic E-state index is 6.15. The van der Waals surface area contributed by atoms with Gasteiger partial charge in [0, 0.05) is 10.9 Å². The van der Waals surface area contributed by atoms with Gasteiger partial charge in [-0.1, -0.05) is 11.8 Å². The van der Waals surface area contributed by atoms with E-state index in [2.05, 4.69) is 41.9 Å². The Bertz CT molecular complexity index is 723. The summed E-state index contributed by atoms with van der Waals surface area (Å²) in [4.78, 5) is 16.9. The number of halogens is 1. The monoisotopic (exact) mass is 369 g/mol. The number of imidazole rings is 1. The number of aromatic nitrogens is 4. The molecule has 3 aromatic rings. The molecule has 8 heteroatoms. The first-order valence-electron chi connectivity index (χ1n) is 5.96. The zero-order valence-corrected chi connectivity index (χ0v) is 13.8. The zero-order valence-electron chi connectivity index (χ0n) is 10.6. The smallest absolute Gasteiger partial charge is 0.181 e. The van der Waals surface area contributed by atoms with Gasteiger partial charge in [0.05, 0.1) is 15.4 Å². The van der Waals surface area contributed by atoms with E-state index in [1.807, 2.05) is 13.0 Å². The van der Waals surface area contributed by atoms with Crippen LogP contribution in [-0.4, -0.2) is 26.0 Å². The number of fused-ring (bicyclic) bond motifs is 1. The zero-order chi connectivity index (χ0) is 14.1. The van der Waals surface area contributed by atoms with Crippen molar-refractivity contribution in [2.45, 2.75) is 23.2 Å². The molecule has 0 bridgehead atoms. The second-order valence-corrected chi connectivity index (χ2v) is 7.94. The van der Waals surface area contributed by atoms with Gasteiger partial charge >= 0.3 is 0 Å². The summed E-state index contributed by atoms with van der Waals surface area (Å²) in [6.45, 7) is 2.01. The summed E-state index contributed by atoms with van der Waals surface area (Å²) in [7, 11) is 0. The summed E-state index contributed by atoms with van der Waals surface area (Å²) in [5, 5.41) is 1.02. The summed E-state index contributed by atoms with van der Waals surface area (Å²) in [6, 6.07) is 4.15. The Labute approximate surface area is 132 Å². The first-order valence-corrected chi connectivity index (χ1v) is 8.45. The third-order valence-corrected chi connectivity index (χ3v) is 6.10. The number of thioether (sulfide) groups is 1. The fourth-order valence-electron chi connectivity index (χ4n) is 1.86. The van der Waals surface area contributed by atoms with Crippen LogP contribution in [0.4, 0.5) is 0 Å². The van der Waals surface area contributed by atoms with Crippen LogP contribution in [-0.2, 0) is 0 Å². The van der Waals surface area contributed by atoms with Gasteiger partial charge in [-0.2, -0.15) is 0 Å². The molecule has 2 atom stereocenters. The van der Waals surface area contributed by atoms with Crippen LogP contribution >= 0.6 is 39.0 Å². The van der Waals surface area contributed by atoms with Crippen molar-refractivity contribution in [3.8, 4) is 0 Å². The number of rotatable bonds is 4. The number of aromatic amines is 1. The van der Waals surface area contributed by atoms with Crippen molar-refractivity contribution < 1.29 is 0 Å². The highest BCUT2D eigenvalue weighted by molar-refractivity contribution is 9.11. The highest BCUT2D eigenvalue weighted by Gasteiger charge is 2.22. The molecule has 0 saturated carbocycles. The number of nitrogens with two attached hydrogens (primary N) is 1. The number of nitrogens with zero attached hydrogens (tertiary/aromatic N) is 3. The molecule has 3 heterocycles. The minimum absolute atomic E-state index is 0.0125. The van der Waals surface area contributed by atoms with Crippen molar-refractivity contribution in [3.05, 3.63) is 33.5 Å². The van der Waals surface area contributed by atoms with Crippen LogP contribution in [0, 0.1) is 0 Å². The number of hydrogen-bond acceptors (Lipinski definition) is 6. The van der Waals surface area contributed by atoms with Gasteiger partial charge in [-0.3, -0.25) is 0 Å². The molecule has 0 aliphatic heterocycles.